The van der Waals surface area contributed by atoms with Crippen molar-refractivity contribution < 1.29 is 9.47 Å². The second kappa shape index (κ2) is 2.27. The van der Waals surface area contributed by atoms with Crippen molar-refractivity contribution in [2.24, 2.45) is 0 Å². The van der Waals surface area contributed by atoms with Crippen LogP contribution in [0.4, 0.5) is 0 Å². The molecule has 54 valence electrons. The molecule has 0 N–H and O–H groups in total. The van der Waals surface area contributed by atoms with E-state index in [9.17, 15) is 0 Å². The first-order valence-corrected chi connectivity index (χ1v) is 3.42. The summed E-state index contributed by atoms with van der Waals surface area (Å²) >= 11 is 0. The fourth-order valence-corrected chi connectivity index (χ4v) is 1.17. The van der Waals surface area contributed by atoms with Gasteiger partial charge >= 0.3 is 0 Å². The molecule has 0 amide bonds. The fourth-order valence-electron chi connectivity index (χ4n) is 1.17. The van der Waals surface area contributed by atoms with Gasteiger partial charge in [0.25, 0.3) is 0 Å². The molecule has 1 aliphatic rings. The standard InChI is InChI=1S/C7H14O2/c1-4-6-7(2,3)9-5-8-6/h6H,4-5H2,1-3H3. The van der Waals surface area contributed by atoms with E-state index >= 15 is 0 Å². The van der Waals surface area contributed by atoms with Crippen LogP contribution in [0.2, 0.25) is 0 Å². The van der Waals surface area contributed by atoms with Crippen molar-refractivity contribution in [3.63, 3.8) is 0 Å². The van der Waals surface area contributed by atoms with Crippen LogP contribution in [0.25, 0.3) is 0 Å². The van der Waals surface area contributed by atoms with Gasteiger partial charge < -0.3 is 9.47 Å². The maximum atomic E-state index is 5.32. The lowest BCUT2D eigenvalue weighted by Gasteiger charge is -2.21. The van der Waals surface area contributed by atoms with Crippen LogP contribution in [-0.2, 0) is 9.47 Å². The molecule has 0 aromatic carbocycles. The summed E-state index contributed by atoms with van der Waals surface area (Å²) in [5.74, 6) is 0. The summed E-state index contributed by atoms with van der Waals surface area (Å²) in [6, 6.07) is 0. The predicted octanol–water partition coefficient (Wildman–Crippen LogP) is 1.55. The molecule has 0 bridgehead atoms. The summed E-state index contributed by atoms with van der Waals surface area (Å²) < 4.78 is 10.6. The topological polar surface area (TPSA) is 18.5 Å². The molecule has 0 saturated carbocycles. The first-order valence-electron chi connectivity index (χ1n) is 3.42. The van der Waals surface area contributed by atoms with Gasteiger partial charge in [0.1, 0.15) is 6.79 Å². The zero-order chi connectivity index (χ0) is 6.91. The van der Waals surface area contributed by atoms with Crippen LogP contribution in [0.1, 0.15) is 27.2 Å². The summed E-state index contributed by atoms with van der Waals surface area (Å²) in [5, 5.41) is 0. The lowest BCUT2D eigenvalue weighted by Crippen LogP contribution is -2.31. The number of hydrogen-bond donors (Lipinski definition) is 0. The Bertz CT molecular complexity index is 99.1. The highest BCUT2D eigenvalue weighted by atomic mass is 16.7. The van der Waals surface area contributed by atoms with E-state index in [1.807, 2.05) is 0 Å². The van der Waals surface area contributed by atoms with Crippen LogP contribution >= 0.6 is 0 Å². The van der Waals surface area contributed by atoms with E-state index in [4.69, 9.17) is 9.47 Å². The van der Waals surface area contributed by atoms with Crippen LogP contribution in [0.5, 0.6) is 0 Å². The molecule has 0 radical (unpaired) electrons. The molecule has 0 aromatic rings. The van der Waals surface area contributed by atoms with E-state index < -0.39 is 0 Å². The maximum Gasteiger partial charge on any atom is 0.148 e. The summed E-state index contributed by atoms with van der Waals surface area (Å²) in [6.07, 6.45) is 1.32. The third-order valence-corrected chi connectivity index (χ3v) is 1.85. The molecule has 1 unspecified atom stereocenters. The SMILES string of the molecule is CCC1OCOC1(C)C. The molecule has 9 heavy (non-hydrogen) atoms. The number of ether oxygens (including phenoxy) is 2. The molecule has 0 aromatic heterocycles. The molecule has 2 heteroatoms. The molecule has 2 nitrogen and oxygen atoms in total. The van der Waals surface area contributed by atoms with E-state index in [0.29, 0.717) is 6.79 Å². The van der Waals surface area contributed by atoms with Gasteiger partial charge in [-0.25, -0.2) is 0 Å². The van der Waals surface area contributed by atoms with Gasteiger partial charge in [-0.15, -0.1) is 0 Å². The van der Waals surface area contributed by atoms with Crippen molar-refractivity contribution in [1.82, 2.24) is 0 Å². The maximum absolute atomic E-state index is 5.32. The normalized spacial score (nSPS) is 33.0. The van der Waals surface area contributed by atoms with Gasteiger partial charge in [0.15, 0.2) is 0 Å². The minimum absolute atomic E-state index is 0.0608. The highest BCUT2D eigenvalue weighted by Crippen LogP contribution is 2.26. The highest BCUT2D eigenvalue weighted by molar-refractivity contribution is 4.81. The molecule has 1 saturated heterocycles. The van der Waals surface area contributed by atoms with Gasteiger partial charge in [-0.3, -0.25) is 0 Å². The van der Waals surface area contributed by atoms with Crippen LogP contribution in [0.3, 0.4) is 0 Å². The van der Waals surface area contributed by atoms with E-state index in [2.05, 4.69) is 20.8 Å². The van der Waals surface area contributed by atoms with E-state index in [1.54, 1.807) is 0 Å². The average Bonchev–Trinajstić information content (AvgIpc) is 2.08. The van der Waals surface area contributed by atoms with Gasteiger partial charge in [-0.2, -0.15) is 0 Å². The van der Waals surface area contributed by atoms with Crippen molar-refractivity contribution in [2.45, 2.75) is 38.9 Å². The Morgan fingerprint density at radius 2 is 2.22 bits per heavy atom. The number of rotatable bonds is 1. The third-order valence-electron chi connectivity index (χ3n) is 1.85. The Morgan fingerprint density at radius 1 is 1.56 bits per heavy atom. The van der Waals surface area contributed by atoms with Crippen molar-refractivity contribution >= 4 is 0 Å². The predicted molar refractivity (Wildman–Crippen MR) is 35.2 cm³/mol. The Kier molecular flexibility index (Phi) is 1.78. The molecule has 0 spiro atoms. The largest absolute Gasteiger partial charge is 0.349 e. The Balaban J connectivity index is 2.52. The van der Waals surface area contributed by atoms with Crippen molar-refractivity contribution in [3.05, 3.63) is 0 Å². The van der Waals surface area contributed by atoms with Crippen LogP contribution < -0.4 is 0 Å². The molecule has 1 rings (SSSR count). The van der Waals surface area contributed by atoms with Gasteiger partial charge in [0, 0.05) is 0 Å². The Morgan fingerprint density at radius 3 is 2.44 bits per heavy atom. The summed E-state index contributed by atoms with van der Waals surface area (Å²) in [4.78, 5) is 0. The summed E-state index contributed by atoms with van der Waals surface area (Å²) in [6.45, 7) is 6.70. The molecule has 1 aliphatic heterocycles. The Labute approximate surface area is 56.2 Å². The number of hydrogen-bond acceptors (Lipinski definition) is 2. The molecular formula is C7H14O2. The van der Waals surface area contributed by atoms with Gasteiger partial charge in [-0.05, 0) is 20.3 Å². The summed E-state index contributed by atoms with van der Waals surface area (Å²) in [5.41, 5.74) is -0.0608. The highest BCUT2D eigenvalue weighted by Gasteiger charge is 2.35. The lowest BCUT2D eigenvalue weighted by atomic mass is 10.0. The van der Waals surface area contributed by atoms with E-state index in [0.717, 1.165) is 6.42 Å². The van der Waals surface area contributed by atoms with Gasteiger partial charge in [0.2, 0.25) is 0 Å². The van der Waals surface area contributed by atoms with Crippen LogP contribution in [-0.4, -0.2) is 18.5 Å². The zero-order valence-electron chi connectivity index (χ0n) is 6.31. The minimum Gasteiger partial charge on any atom is -0.349 e. The van der Waals surface area contributed by atoms with Gasteiger partial charge in [0.05, 0.1) is 11.7 Å². The quantitative estimate of drug-likeness (QED) is 0.536. The molecule has 1 fully saturated rings. The van der Waals surface area contributed by atoms with Crippen molar-refractivity contribution in [3.8, 4) is 0 Å². The first kappa shape index (κ1) is 7.03. The second-order valence-electron chi connectivity index (χ2n) is 2.93. The average molecular weight is 130 g/mol. The smallest absolute Gasteiger partial charge is 0.148 e. The van der Waals surface area contributed by atoms with Crippen molar-refractivity contribution in [2.75, 3.05) is 6.79 Å². The first-order chi connectivity index (χ1) is 4.17. The zero-order valence-corrected chi connectivity index (χ0v) is 6.31. The van der Waals surface area contributed by atoms with E-state index in [-0.39, 0.29) is 11.7 Å². The van der Waals surface area contributed by atoms with E-state index in [1.165, 1.54) is 0 Å². The molecular weight excluding hydrogens is 116 g/mol. The second-order valence-corrected chi connectivity index (χ2v) is 2.93. The Hall–Kier alpha value is -0.0800. The van der Waals surface area contributed by atoms with Gasteiger partial charge in [-0.1, -0.05) is 6.92 Å². The lowest BCUT2D eigenvalue weighted by molar-refractivity contribution is 0.0121. The minimum atomic E-state index is -0.0608. The third kappa shape index (κ3) is 1.25. The van der Waals surface area contributed by atoms with Crippen LogP contribution in [0, 0.1) is 0 Å². The molecule has 1 atom stereocenters. The monoisotopic (exact) mass is 130 g/mol. The van der Waals surface area contributed by atoms with Crippen molar-refractivity contribution in [1.29, 1.82) is 0 Å². The molecule has 1 heterocycles. The summed E-state index contributed by atoms with van der Waals surface area (Å²) in [7, 11) is 0. The fraction of sp³-hybridized carbons (Fsp3) is 1.00. The van der Waals surface area contributed by atoms with Crippen LogP contribution in [0.15, 0.2) is 0 Å². The molecule has 0 aliphatic carbocycles.